The lowest BCUT2D eigenvalue weighted by molar-refractivity contribution is 0.102. The molecule has 0 fully saturated rings. The normalized spacial score (nSPS) is 9.60. The standard InChI is InChI=1S/C14H10ClN3O2/c15-13-9-10(5-7-17-13)14(19)18-11-3-1-2-4-12(11)20-8-6-16/h1-5,7,9H,8H2,(H,18,19). The van der Waals surface area contributed by atoms with E-state index < -0.39 is 0 Å². The first-order chi connectivity index (χ1) is 9.70. The number of halogens is 1. The number of carbonyl (C=O) groups excluding carboxylic acids is 1. The fraction of sp³-hybridized carbons (Fsp3) is 0.0714. The zero-order valence-electron chi connectivity index (χ0n) is 10.3. The molecule has 0 aliphatic rings. The van der Waals surface area contributed by atoms with Crippen molar-refractivity contribution in [3.63, 3.8) is 0 Å². The molecule has 0 atom stereocenters. The van der Waals surface area contributed by atoms with Crippen molar-refractivity contribution in [2.45, 2.75) is 0 Å². The van der Waals surface area contributed by atoms with E-state index in [1.807, 2.05) is 6.07 Å². The second-order valence-electron chi connectivity index (χ2n) is 3.76. The summed E-state index contributed by atoms with van der Waals surface area (Å²) in [5, 5.41) is 11.5. The third kappa shape index (κ3) is 3.46. The van der Waals surface area contributed by atoms with Crippen LogP contribution in [0.25, 0.3) is 0 Å². The minimum absolute atomic E-state index is 0.0893. The van der Waals surface area contributed by atoms with Crippen LogP contribution < -0.4 is 10.1 Å². The van der Waals surface area contributed by atoms with Gasteiger partial charge in [0.25, 0.3) is 5.91 Å². The van der Waals surface area contributed by atoms with E-state index in [0.29, 0.717) is 17.0 Å². The number of benzene rings is 1. The Balaban J connectivity index is 2.18. The number of para-hydroxylation sites is 2. The Labute approximate surface area is 120 Å². The number of nitriles is 1. The van der Waals surface area contributed by atoms with Crippen LogP contribution in [0.2, 0.25) is 5.15 Å². The van der Waals surface area contributed by atoms with Crippen molar-refractivity contribution in [3.05, 3.63) is 53.3 Å². The van der Waals surface area contributed by atoms with Crippen LogP contribution in [0.4, 0.5) is 5.69 Å². The maximum Gasteiger partial charge on any atom is 0.255 e. The molecule has 100 valence electrons. The van der Waals surface area contributed by atoms with Gasteiger partial charge in [-0.05, 0) is 24.3 Å². The summed E-state index contributed by atoms with van der Waals surface area (Å²) < 4.78 is 5.23. The number of amides is 1. The monoisotopic (exact) mass is 287 g/mol. The number of anilines is 1. The summed E-state index contributed by atoms with van der Waals surface area (Å²) in [6.07, 6.45) is 1.45. The van der Waals surface area contributed by atoms with Crippen LogP contribution in [0.1, 0.15) is 10.4 Å². The smallest absolute Gasteiger partial charge is 0.255 e. The van der Waals surface area contributed by atoms with Gasteiger partial charge >= 0.3 is 0 Å². The van der Waals surface area contributed by atoms with Gasteiger partial charge in [-0.1, -0.05) is 23.7 Å². The largest absolute Gasteiger partial charge is 0.477 e. The third-order valence-corrected chi connectivity index (χ3v) is 2.62. The van der Waals surface area contributed by atoms with Gasteiger partial charge in [0, 0.05) is 11.8 Å². The van der Waals surface area contributed by atoms with Crippen molar-refractivity contribution < 1.29 is 9.53 Å². The second-order valence-corrected chi connectivity index (χ2v) is 4.15. The number of aromatic nitrogens is 1. The fourth-order valence-corrected chi connectivity index (χ4v) is 1.72. The van der Waals surface area contributed by atoms with Crippen LogP contribution in [0.15, 0.2) is 42.6 Å². The molecule has 0 aliphatic heterocycles. The minimum atomic E-state index is -0.331. The van der Waals surface area contributed by atoms with E-state index in [-0.39, 0.29) is 17.7 Å². The zero-order chi connectivity index (χ0) is 14.4. The summed E-state index contributed by atoms with van der Waals surface area (Å²) in [6, 6.07) is 11.8. The number of hydrogen-bond donors (Lipinski definition) is 1. The van der Waals surface area contributed by atoms with Crippen molar-refractivity contribution >= 4 is 23.2 Å². The Kier molecular flexibility index (Phi) is 4.53. The molecule has 0 saturated heterocycles. The number of nitrogens with zero attached hydrogens (tertiary/aromatic N) is 2. The predicted molar refractivity (Wildman–Crippen MR) is 74.8 cm³/mol. The molecular weight excluding hydrogens is 278 g/mol. The SMILES string of the molecule is N#CCOc1ccccc1NC(=O)c1ccnc(Cl)c1. The molecule has 0 unspecified atom stereocenters. The number of hydrogen-bond acceptors (Lipinski definition) is 4. The third-order valence-electron chi connectivity index (χ3n) is 2.42. The van der Waals surface area contributed by atoms with Crippen LogP contribution >= 0.6 is 11.6 Å². The average molecular weight is 288 g/mol. The summed E-state index contributed by atoms with van der Waals surface area (Å²) in [5.41, 5.74) is 0.876. The first kappa shape index (κ1) is 13.8. The Morgan fingerprint density at radius 3 is 2.95 bits per heavy atom. The molecular formula is C14H10ClN3O2. The van der Waals surface area contributed by atoms with Gasteiger partial charge in [-0.15, -0.1) is 0 Å². The first-order valence-corrected chi connectivity index (χ1v) is 6.10. The van der Waals surface area contributed by atoms with Gasteiger partial charge in [-0.25, -0.2) is 4.98 Å². The molecule has 0 spiro atoms. The molecule has 1 aromatic carbocycles. The maximum absolute atomic E-state index is 12.1. The van der Waals surface area contributed by atoms with Crippen molar-refractivity contribution in [3.8, 4) is 11.8 Å². The first-order valence-electron chi connectivity index (χ1n) is 5.72. The lowest BCUT2D eigenvalue weighted by atomic mass is 10.2. The summed E-state index contributed by atoms with van der Waals surface area (Å²) in [5.74, 6) is 0.102. The predicted octanol–water partition coefficient (Wildman–Crippen LogP) is 2.89. The Hall–Kier alpha value is -2.58. The van der Waals surface area contributed by atoms with Gasteiger partial charge in [0.15, 0.2) is 6.61 Å². The number of ether oxygens (including phenoxy) is 1. The van der Waals surface area contributed by atoms with Crippen molar-refractivity contribution in [2.75, 3.05) is 11.9 Å². The molecule has 2 aromatic rings. The minimum Gasteiger partial charge on any atom is -0.477 e. The summed E-state index contributed by atoms with van der Waals surface area (Å²) >= 11 is 5.74. The van der Waals surface area contributed by atoms with E-state index in [2.05, 4.69) is 10.3 Å². The quantitative estimate of drug-likeness (QED) is 0.877. The summed E-state index contributed by atoms with van der Waals surface area (Å²) in [6.45, 7) is -0.0893. The van der Waals surface area contributed by atoms with Gasteiger partial charge in [-0.2, -0.15) is 5.26 Å². The highest BCUT2D eigenvalue weighted by molar-refractivity contribution is 6.29. The number of pyridine rings is 1. The molecule has 1 amide bonds. The van der Waals surface area contributed by atoms with Crippen molar-refractivity contribution in [1.82, 2.24) is 4.98 Å². The molecule has 0 radical (unpaired) electrons. The highest BCUT2D eigenvalue weighted by Gasteiger charge is 2.10. The van der Waals surface area contributed by atoms with Crippen LogP contribution in [0, 0.1) is 11.3 Å². The molecule has 0 aliphatic carbocycles. The zero-order valence-corrected chi connectivity index (χ0v) is 11.1. The van der Waals surface area contributed by atoms with E-state index in [9.17, 15) is 4.79 Å². The number of carbonyl (C=O) groups is 1. The van der Waals surface area contributed by atoms with Gasteiger partial charge in [-0.3, -0.25) is 4.79 Å². The second kappa shape index (κ2) is 6.55. The molecule has 0 saturated carbocycles. The molecule has 6 heteroatoms. The van der Waals surface area contributed by atoms with Gasteiger partial charge in [0.2, 0.25) is 0 Å². The van der Waals surface area contributed by atoms with Crippen LogP contribution in [-0.2, 0) is 0 Å². The molecule has 0 bridgehead atoms. The Bertz CT molecular complexity index is 667. The van der Waals surface area contributed by atoms with E-state index in [0.717, 1.165) is 0 Å². The van der Waals surface area contributed by atoms with E-state index in [1.165, 1.54) is 12.3 Å². The van der Waals surface area contributed by atoms with E-state index in [1.54, 1.807) is 30.3 Å². The summed E-state index contributed by atoms with van der Waals surface area (Å²) in [7, 11) is 0. The average Bonchev–Trinajstić information content (AvgIpc) is 2.46. The van der Waals surface area contributed by atoms with Gasteiger partial charge in [0.1, 0.15) is 17.0 Å². The van der Waals surface area contributed by atoms with E-state index in [4.69, 9.17) is 21.6 Å². The van der Waals surface area contributed by atoms with E-state index >= 15 is 0 Å². The van der Waals surface area contributed by atoms with Crippen LogP contribution in [-0.4, -0.2) is 17.5 Å². The van der Waals surface area contributed by atoms with Crippen molar-refractivity contribution in [2.24, 2.45) is 0 Å². The Morgan fingerprint density at radius 2 is 2.20 bits per heavy atom. The molecule has 1 N–H and O–H groups in total. The molecule has 1 heterocycles. The van der Waals surface area contributed by atoms with Gasteiger partial charge < -0.3 is 10.1 Å². The maximum atomic E-state index is 12.1. The topological polar surface area (TPSA) is 75.0 Å². The lowest BCUT2D eigenvalue weighted by Crippen LogP contribution is -2.13. The number of rotatable bonds is 4. The highest BCUT2D eigenvalue weighted by atomic mass is 35.5. The lowest BCUT2D eigenvalue weighted by Gasteiger charge is -2.10. The molecule has 5 nitrogen and oxygen atoms in total. The summed E-state index contributed by atoms with van der Waals surface area (Å²) in [4.78, 5) is 15.9. The van der Waals surface area contributed by atoms with Crippen LogP contribution in [0.3, 0.4) is 0 Å². The van der Waals surface area contributed by atoms with Crippen LogP contribution in [0.5, 0.6) is 5.75 Å². The molecule has 2 rings (SSSR count). The highest BCUT2D eigenvalue weighted by Crippen LogP contribution is 2.24. The fourth-order valence-electron chi connectivity index (χ4n) is 1.54. The van der Waals surface area contributed by atoms with Gasteiger partial charge in [0.05, 0.1) is 5.69 Å². The molecule has 20 heavy (non-hydrogen) atoms. The van der Waals surface area contributed by atoms with Crippen molar-refractivity contribution in [1.29, 1.82) is 5.26 Å². The Morgan fingerprint density at radius 1 is 1.40 bits per heavy atom. The number of nitrogens with one attached hydrogen (secondary N) is 1. The molecule has 1 aromatic heterocycles.